The summed E-state index contributed by atoms with van der Waals surface area (Å²) in [6, 6.07) is 0. The topological polar surface area (TPSA) is 37.3 Å². The van der Waals surface area contributed by atoms with Crippen LogP contribution in [0.4, 0.5) is 0 Å². The summed E-state index contributed by atoms with van der Waals surface area (Å²) in [5, 5.41) is 9.00. The van der Waals surface area contributed by atoms with Crippen molar-refractivity contribution in [1.82, 2.24) is 0 Å². The lowest BCUT2D eigenvalue weighted by Crippen LogP contribution is -2.01. The van der Waals surface area contributed by atoms with E-state index in [4.69, 9.17) is 28.3 Å². The zero-order valence-corrected chi connectivity index (χ0v) is 9.84. The Hall–Kier alpha value is 0.0500. The number of hydrogen-bond donors (Lipinski definition) is 1. The highest BCUT2D eigenvalue weighted by Crippen LogP contribution is 2.67. The Kier molecular flexibility index (Phi) is 2.07. The SMILES string of the molecule is O=C(O)C1[C@H]2CC[C@@H]3[C@H](CC[C@H]12)C3(Cl)Cl. The van der Waals surface area contributed by atoms with Crippen LogP contribution in [-0.4, -0.2) is 15.4 Å². The lowest BCUT2D eigenvalue weighted by molar-refractivity contribution is -0.139. The normalized spacial score (nSPS) is 50.7. The van der Waals surface area contributed by atoms with Gasteiger partial charge in [0.25, 0.3) is 0 Å². The number of carboxylic acids is 1. The van der Waals surface area contributed by atoms with E-state index in [1.165, 1.54) is 0 Å². The molecule has 5 atom stereocenters. The van der Waals surface area contributed by atoms with Gasteiger partial charge in [0.05, 0.1) is 5.92 Å². The minimum Gasteiger partial charge on any atom is -0.481 e. The molecule has 0 amide bonds. The summed E-state index contributed by atoms with van der Waals surface area (Å²) in [5.41, 5.74) is 0. The molecule has 3 fully saturated rings. The van der Waals surface area contributed by atoms with E-state index in [2.05, 4.69) is 0 Å². The van der Waals surface area contributed by atoms with Crippen molar-refractivity contribution < 1.29 is 9.90 Å². The first-order valence-electron chi connectivity index (χ1n) is 5.64. The average molecular weight is 249 g/mol. The Morgan fingerprint density at radius 1 is 1.07 bits per heavy atom. The van der Waals surface area contributed by atoms with Crippen molar-refractivity contribution >= 4 is 29.2 Å². The minimum atomic E-state index is -0.608. The number of aliphatic carboxylic acids is 1. The molecule has 0 aliphatic heterocycles. The molecule has 1 unspecified atom stereocenters. The predicted octanol–water partition coefficient (Wildman–Crippen LogP) is 2.93. The number of halogens is 2. The van der Waals surface area contributed by atoms with Gasteiger partial charge in [-0.15, -0.1) is 23.2 Å². The molecule has 0 spiro atoms. The minimum absolute atomic E-state index is 0.0671. The van der Waals surface area contributed by atoms with Gasteiger partial charge in [-0.25, -0.2) is 0 Å². The van der Waals surface area contributed by atoms with Gasteiger partial charge in [0, 0.05) is 0 Å². The van der Waals surface area contributed by atoms with Gasteiger partial charge >= 0.3 is 5.97 Å². The van der Waals surface area contributed by atoms with E-state index in [9.17, 15) is 4.79 Å². The Bertz CT molecular complexity index is 294. The van der Waals surface area contributed by atoms with Gasteiger partial charge < -0.3 is 5.11 Å². The van der Waals surface area contributed by atoms with Crippen LogP contribution in [0.5, 0.6) is 0 Å². The molecule has 0 aromatic rings. The molecule has 0 heterocycles. The Labute approximate surface area is 98.9 Å². The smallest absolute Gasteiger partial charge is 0.307 e. The van der Waals surface area contributed by atoms with Crippen LogP contribution in [0.1, 0.15) is 25.7 Å². The van der Waals surface area contributed by atoms with Crippen LogP contribution >= 0.6 is 23.2 Å². The van der Waals surface area contributed by atoms with Crippen molar-refractivity contribution in [2.75, 3.05) is 0 Å². The van der Waals surface area contributed by atoms with Gasteiger partial charge in [-0.2, -0.15) is 0 Å². The van der Waals surface area contributed by atoms with E-state index in [-0.39, 0.29) is 5.92 Å². The van der Waals surface area contributed by atoms with E-state index in [0.29, 0.717) is 23.7 Å². The average Bonchev–Trinajstić information content (AvgIpc) is 2.88. The lowest BCUT2D eigenvalue weighted by Gasteiger charge is -2.03. The second-order valence-corrected chi connectivity index (χ2v) is 6.68. The van der Waals surface area contributed by atoms with Gasteiger partial charge in [0.2, 0.25) is 0 Å². The molecule has 0 aromatic heterocycles. The maximum absolute atomic E-state index is 10.9. The number of carbonyl (C=O) groups is 1. The lowest BCUT2D eigenvalue weighted by atomic mass is 10.0. The fourth-order valence-electron chi connectivity index (χ4n) is 3.59. The monoisotopic (exact) mass is 248 g/mol. The Morgan fingerprint density at radius 3 is 1.93 bits per heavy atom. The maximum Gasteiger partial charge on any atom is 0.307 e. The summed E-state index contributed by atoms with van der Waals surface area (Å²) in [5.74, 6) is 1.00. The number of fused-ring (bicyclic) bond motifs is 2. The van der Waals surface area contributed by atoms with Crippen molar-refractivity contribution in [2.45, 2.75) is 30.0 Å². The highest BCUT2D eigenvalue weighted by atomic mass is 35.5. The molecule has 0 aromatic carbocycles. The largest absolute Gasteiger partial charge is 0.481 e. The van der Waals surface area contributed by atoms with Gasteiger partial charge in [-0.05, 0) is 49.4 Å². The summed E-state index contributed by atoms with van der Waals surface area (Å²) < 4.78 is -0.491. The van der Waals surface area contributed by atoms with E-state index >= 15 is 0 Å². The molecule has 4 heteroatoms. The molecule has 0 saturated heterocycles. The van der Waals surface area contributed by atoms with Gasteiger partial charge in [-0.1, -0.05) is 0 Å². The predicted molar refractivity (Wildman–Crippen MR) is 58.0 cm³/mol. The molecule has 3 aliphatic rings. The molecule has 3 saturated carbocycles. The highest BCUT2D eigenvalue weighted by Gasteiger charge is 2.65. The van der Waals surface area contributed by atoms with E-state index in [1.54, 1.807) is 0 Å². The molecule has 15 heavy (non-hydrogen) atoms. The van der Waals surface area contributed by atoms with Gasteiger partial charge in [0.1, 0.15) is 4.33 Å². The molecule has 1 N–H and O–H groups in total. The molecular formula is C11H14Cl2O2. The van der Waals surface area contributed by atoms with Crippen molar-refractivity contribution in [1.29, 1.82) is 0 Å². The van der Waals surface area contributed by atoms with E-state index in [1.807, 2.05) is 0 Å². The summed E-state index contributed by atoms with van der Waals surface area (Å²) in [6.45, 7) is 0. The maximum atomic E-state index is 10.9. The van der Waals surface area contributed by atoms with Crippen LogP contribution in [-0.2, 0) is 4.79 Å². The number of hydrogen-bond acceptors (Lipinski definition) is 1. The van der Waals surface area contributed by atoms with Crippen LogP contribution in [0, 0.1) is 29.6 Å². The van der Waals surface area contributed by atoms with Crippen LogP contribution < -0.4 is 0 Å². The molecule has 3 rings (SSSR count). The third-order valence-electron chi connectivity index (χ3n) is 4.60. The summed E-state index contributed by atoms with van der Waals surface area (Å²) in [7, 11) is 0. The zero-order chi connectivity index (χ0) is 10.8. The fraction of sp³-hybridized carbons (Fsp3) is 0.909. The second kappa shape index (κ2) is 3.04. The summed E-state index contributed by atoms with van der Waals surface area (Å²) >= 11 is 12.3. The van der Waals surface area contributed by atoms with Gasteiger partial charge in [-0.3, -0.25) is 4.79 Å². The molecule has 0 radical (unpaired) electrons. The third-order valence-corrected chi connectivity index (χ3v) is 5.73. The van der Waals surface area contributed by atoms with Crippen molar-refractivity contribution in [3.05, 3.63) is 0 Å². The Morgan fingerprint density at radius 2 is 1.53 bits per heavy atom. The quantitative estimate of drug-likeness (QED) is 0.725. The van der Waals surface area contributed by atoms with Crippen molar-refractivity contribution in [3.8, 4) is 0 Å². The van der Waals surface area contributed by atoms with E-state index < -0.39 is 10.3 Å². The Balaban J connectivity index is 1.67. The molecule has 3 aliphatic carbocycles. The first-order valence-corrected chi connectivity index (χ1v) is 6.39. The number of carboxylic acid groups (broad SMARTS) is 1. The summed E-state index contributed by atoms with van der Waals surface area (Å²) in [4.78, 5) is 10.9. The molecule has 2 nitrogen and oxygen atoms in total. The second-order valence-electron chi connectivity index (χ2n) is 5.23. The van der Waals surface area contributed by atoms with Crippen LogP contribution in [0.15, 0.2) is 0 Å². The number of alkyl halides is 2. The molecule has 84 valence electrons. The van der Waals surface area contributed by atoms with Crippen LogP contribution in [0.25, 0.3) is 0 Å². The standard InChI is InChI=1S/C11H14Cl2O2/c12-11(13)7-3-1-5-6(2-4-8(7)11)9(5)10(14)15/h5-9H,1-4H2,(H,14,15)/t5-,6-,7-,8+,9?/m0/s1. The third kappa shape index (κ3) is 1.41. The first kappa shape index (κ1) is 10.2. The van der Waals surface area contributed by atoms with Gasteiger partial charge in [0.15, 0.2) is 0 Å². The zero-order valence-electron chi connectivity index (χ0n) is 8.33. The number of rotatable bonds is 1. The van der Waals surface area contributed by atoms with Crippen LogP contribution in [0.3, 0.4) is 0 Å². The van der Waals surface area contributed by atoms with Crippen molar-refractivity contribution in [3.63, 3.8) is 0 Å². The summed E-state index contributed by atoms with van der Waals surface area (Å²) in [6.07, 6.45) is 4.04. The fourth-order valence-corrected chi connectivity index (χ4v) is 4.51. The van der Waals surface area contributed by atoms with E-state index in [0.717, 1.165) is 25.7 Å². The molecular weight excluding hydrogens is 235 g/mol. The molecule has 0 bridgehead atoms. The highest BCUT2D eigenvalue weighted by molar-refractivity contribution is 6.51. The van der Waals surface area contributed by atoms with Crippen molar-refractivity contribution in [2.24, 2.45) is 29.6 Å². The van der Waals surface area contributed by atoms with Crippen LogP contribution in [0.2, 0.25) is 0 Å². The first-order chi connectivity index (χ1) is 7.03.